The molecule has 11 heavy (non-hydrogen) atoms. The molecule has 1 spiro atoms. The molecule has 0 aromatic heterocycles. The van der Waals surface area contributed by atoms with Crippen molar-refractivity contribution in [2.24, 2.45) is 5.41 Å². The zero-order valence-corrected chi connectivity index (χ0v) is 6.38. The summed E-state index contributed by atoms with van der Waals surface area (Å²) >= 11 is 0. The molecule has 0 aromatic carbocycles. The summed E-state index contributed by atoms with van der Waals surface area (Å²) in [5.41, 5.74) is 0.0451. The SMILES string of the molecule is O=[N+]([O-])C1CNCC12CCC2. The van der Waals surface area contributed by atoms with Crippen molar-refractivity contribution >= 4 is 0 Å². The lowest BCUT2D eigenvalue weighted by Crippen LogP contribution is -2.44. The van der Waals surface area contributed by atoms with E-state index in [2.05, 4.69) is 5.32 Å². The van der Waals surface area contributed by atoms with E-state index in [9.17, 15) is 10.1 Å². The molecule has 1 saturated carbocycles. The molecule has 0 aromatic rings. The van der Waals surface area contributed by atoms with Crippen LogP contribution in [0, 0.1) is 15.5 Å². The fraction of sp³-hybridized carbons (Fsp3) is 1.00. The molecule has 1 aliphatic carbocycles. The second kappa shape index (κ2) is 2.17. The Hall–Kier alpha value is -0.640. The van der Waals surface area contributed by atoms with Crippen LogP contribution >= 0.6 is 0 Å². The summed E-state index contributed by atoms with van der Waals surface area (Å²) in [5, 5.41) is 13.7. The van der Waals surface area contributed by atoms with Crippen LogP contribution in [-0.2, 0) is 0 Å². The van der Waals surface area contributed by atoms with Crippen LogP contribution in [0.25, 0.3) is 0 Å². The number of rotatable bonds is 1. The minimum absolute atomic E-state index is 0.0451. The third-order valence-electron chi connectivity index (χ3n) is 3.13. The van der Waals surface area contributed by atoms with Gasteiger partial charge in [-0.2, -0.15) is 0 Å². The average molecular weight is 156 g/mol. The Balaban J connectivity index is 2.13. The van der Waals surface area contributed by atoms with E-state index in [1.54, 1.807) is 0 Å². The van der Waals surface area contributed by atoms with Gasteiger partial charge >= 0.3 is 0 Å². The Bertz CT molecular complexity index is 189. The third kappa shape index (κ3) is 0.854. The van der Waals surface area contributed by atoms with E-state index in [1.807, 2.05) is 0 Å². The second-order valence-electron chi connectivity index (χ2n) is 3.65. The average Bonchev–Trinajstić information content (AvgIpc) is 2.27. The van der Waals surface area contributed by atoms with E-state index in [0.29, 0.717) is 6.54 Å². The summed E-state index contributed by atoms with van der Waals surface area (Å²) < 4.78 is 0. The molecule has 1 atom stereocenters. The van der Waals surface area contributed by atoms with Crippen LogP contribution in [0.5, 0.6) is 0 Å². The van der Waals surface area contributed by atoms with Crippen molar-refractivity contribution in [3.63, 3.8) is 0 Å². The van der Waals surface area contributed by atoms with Crippen LogP contribution in [0.15, 0.2) is 0 Å². The highest BCUT2D eigenvalue weighted by molar-refractivity contribution is 5.00. The minimum Gasteiger partial charge on any atom is -0.310 e. The Morgan fingerprint density at radius 1 is 1.55 bits per heavy atom. The van der Waals surface area contributed by atoms with E-state index in [-0.39, 0.29) is 16.4 Å². The Labute approximate surface area is 65.1 Å². The van der Waals surface area contributed by atoms with Crippen molar-refractivity contribution in [3.8, 4) is 0 Å². The first-order valence-corrected chi connectivity index (χ1v) is 4.09. The number of hydrogen-bond acceptors (Lipinski definition) is 3. The zero-order valence-electron chi connectivity index (χ0n) is 6.38. The fourth-order valence-corrected chi connectivity index (χ4v) is 2.23. The van der Waals surface area contributed by atoms with Crippen molar-refractivity contribution in [2.45, 2.75) is 25.3 Å². The predicted molar refractivity (Wildman–Crippen MR) is 39.9 cm³/mol. The normalized spacial score (nSPS) is 33.6. The van der Waals surface area contributed by atoms with E-state index >= 15 is 0 Å². The van der Waals surface area contributed by atoms with E-state index in [4.69, 9.17) is 0 Å². The number of nitro groups is 1. The van der Waals surface area contributed by atoms with Crippen LogP contribution in [-0.4, -0.2) is 24.1 Å². The number of nitrogens with one attached hydrogen (secondary N) is 1. The third-order valence-corrected chi connectivity index (χ3v) is 3.13. The van der Waals surface area contributed by atoms with Crippen molar-refractivity contribution < 1.29 is 4.92 Å². The molecule has 2 rings (SSSR count). The number of hydrogen-bond donors (Lipinski definition) is 1. The topological polar surface area (TPSA) is 55.2 Å². The maximum atomic E-state index is 10.6. The summed E-state index contributed by atoms with van der Waals surface area (Å²) in [6.07, 6.45) is 3.27. The lowest BCUT2D eigenvalue weighted by molar-refractivity contribution is -0.538. The molecule has 2 aliphatic rings. The molecular weight excluding hydrogens is 144 g/mol. The predicted octanol–water partition coefficient (Wildman–Crippen LogP) is 0.405. The van der Waals surface area contributed by atoms with Crippen molar-refractivity contribution in [1.29, 1.82) is 0 Å². The van der Waals surface area contributed by atoms with Gasteiger partial charge in [0.05, 0.1) is 12.0 Å². The Morgan fingerprint density at radius 3 is 2.64 bits per heavy atom. The van der Waals surface area contributed by atoms with Gasteiger partial charge in [-0.15, -0.1) is 0 Å². The van der Waals surface area contributed by atoms with Crippen LogP contribution in [0.3, 0.4) is 0 Å². The molecular formula is C7H12N2O2. The van der Waals surface area contributed by atoms with E-state index in [0.717, 1.165) is 19.4 Å². The highest BCUT2D eigenvalue weighted by Crippen LogP contribution is 2.46. The lowest BCUT2D eigenvalue weighted by Gasteiger charge is -2.37. The van der Waals surface area contributed by atoms with Crippen LogP contribution < -0.4 is 5.32 Å². The van der Waals surface area contributed by atoms with Crippen molar-refractivity contribution in [1.82, 2.24) is 5.32 Å². The Kier molecular flexibility index (Phi) is 1.39. The summed E-state index contributed by atoms with van der Waals surface area (Å²) in [6, 6.07) is -0.309. The second-order valence-corrected chi connectivity index (χ2v) is 3.65. The molecule has 62 valence electrons. The molecule has 0 radical (unpaired) electrons. The van der Waals surface area contributed by atoms with Crippen LogP contribution in [0.4, 0.5) is 0 Å². The molecule has 1 unspecified atom stereocenters. The minimum atomic E-state index is -0.309. The van der Waals surface area contributed by atoms with Gasteiger partial charge in [-0.3, -0.25) is 10.1 Å². The number of nitrogens with zero attached hydrogens (tertiary/aromatic N) is 1. The fourth-order valence-electron chi connectivity index (χ4n) is 2.23. The maximum absolute atomic E-state index is 10.6. The van der Waals surface area contributed by atoms with Gasteiger partial charge in [0.2, 0.25) is 6.04 Å². The molecule has 1 aliphatic heterocycles. The molecule has 1 N–H and O–H groups in total. The van der Waals surface area contributed by atoms with Gasteiger partial charge in [-0.25, -0.2) is 0 Å². The quantitative estimate of drug-likeness (QED) is 0.441. The van der Waals surface area contributed by atoms with Crippen molar-refractivity contribution in [3.05, 3.63) is 10.1 Å². The maximum Gasteiger partial charge on any atom is 0.232 e. The molecule has 2 fully saturated rings. The molecule has 1 saturated heterocycles. The van der Waals surface area contributed by atoms with E-state index < -0.39 is 0 Å². The highest BCUT2D eigenvalue weighted by Gasteiger charge is 2.54. The standard InChI is InChI=1S/C7H12N2O2/c10-9(11)6-4-8-5-7(6)2-1-3-7/h6,8H,1-5H2. The summed E-state index contributed by atoms with van der Waals surface area (Å²) in [4.78, 5) is 10.5. The lowest BCUT2D eigenvalue weighted by atomic mass is 9.66. The molecule has 1 heterocycles. The van der Waals surface area contributed by atoms with Crippen molar-refractivity contribution in [2.75, 3.05) is 13.1 Å². The van der Waals surface area contributed by atoms with Gasteiger partial charge in [0.25, 0.3) is 0 Å². The summed E-state index contributed by atoms with van der Waals surface area (Å²) in [6.45, 7) is 1.44. The monoisotopic (exact) mass is 156 g/mol. The highest BCUT2D eigenvalue weighted by atomic mass is 16.6. The van der Waals surface area contributed by atoms with Gasteiger partial charge in [0.1, 0.15) is 0 Å². The molecule has 0 bridgehead atoms. The van der Waals surface area contributed by atoms with E-state index in [1.165, 1.54) is 6.42 Å². The smallest absolute Gasteiger partial charge is 0.232 e. The largest absolute Gasteiger partial charge is 0.310 e. The van der Waals surface area contributed by atoms with Crippen LogP contribution in [0.1, 0.15) is 19.3 Å². The molecule has 0 amide bonds. The molecule has 4 nitrogen and oxygen atoms in total. The van der Waals surface area contributed by atoms with Gasteiger partial charge < -0.3 is 5.32 Å². The van der Waals surface area contributed by atoms with Crippen LogP contribution in [0.2, 0.25) is 0 Å². The Morgan fingerprint density at radius 2 is 2.27 bits per heavy atom. The van der Waals surface area contributed by atoms with Gasteiger partial charge in [-0.1, -0.05) is 6.42 Å². The zero-order chi connectivity index (χ0) is 7.90. The first-order chi connectivity index (χ1) is 5.25. The van der Waals surface area contributed by atoms with Gasteiger partial charge in [-0.05, 0) is 12.8 Å². The summed E-state index contributed by atoms with van der Waals surface area (Å²) in [5.74, 6) is 0. The first kappa shape index (κ1) is 7.03. The van der Waals surface area contributed by atoms with Gasteiger partial charge in [0, 0.05) is 11.5 Å². The van der Waals surface area contributed by atoms with Gasteiger partial charge in [0.15, 0.2) is 0 Å². The first-order valence-electron chi connectivity index (χ1n) is 4.09. The summed E-state index contributed by atoms with van der Waals surface area (Å²) in [7, 11) is 0. The molecule has 4 heteroatoms.